The zero-order valence-corrected chi connectivity index (χ0v) is 6.25. The second-order valence-electron chi connectivity index (χ2n) is 1.78. The van der Waals surface area contributed by atoms with Crippen LogP contribution in [-0.4, -0.2) is 19.1 Å². The molecular formula is C7H12N2O2. The molecule has 0 atom stereocenters. The first-order chi connectivity index (χ1) is 5.31. The monoisotopic (exact) mass is 156 g/mol. The molecule has 0 radical (unpaired) electrons. The molecule has 0 rings (SSSR count). The Morgan fingerprint density at radius 1 is 1.73 bits per heavy atom. The van der Waals surface area contributed by atoms with Gasteiger partial charge in [0, 0.05) is 6.54 Å². The molecule has 0 aliphatic carbocycles. The molecule has 62 valence electrons. The van der Waals surface area contributed by atoms with Crippen molar-refractivity contribution in [2.45, 2.75) is 0 Å². The summed E-state index contributed by atoms with van der Waals surface area (Å²) in [5.74, 6) is 4.43. The van der Waals surface area contributed by atoms with Crippen molar-refractivity contribution < 1.29 is 9.63 Å². The Morgan fingerprint density at radius 3 is 3.00 bits per heavy atom. The zero-order chi connectivity index (χ0) is 8.53. The van der Waals surface area contributed by atoms with Crippen LogP contribution in [0.15, 0.2) is 24.8 Å². The number of carbonyl (C=O) groups excluding carboxylic acids is 1. The van der Waals surface area contributed by atoms with Crippen molar-refractivity contribution in [3.8, 4) is 0 Å². The van der Waals surface area contributed by atoms with Crippen LogP contribution in [0.3, 0.4) is 0 Å². The number of rotatable bonds is 5. The molecular weight excluding hydrogens is 144 g/mol. The SMILES string of the molecule is C=C/C=C/CNC(=O)CON. The lowest BCUT2D eigenvalue weighted by Gasteiger charge is -1.98. The summed E-state index contributed by atoms with van der Waals surface area (Å²) in [6.45, 7) is 3.83. The molecule has 0 bridgehead atoms. The summed E-state index contributed by atoms with van der Waals surface area (Å²) in [4.78, 5) is 14.7. The van der Waals surface area contributed by atoms with E-state index in [9.17, 15) is 4.79 Å². The highest BCUT2D eigenvalue weighted by Gasteiger charge is 1.95. The second kappa shape index (κ2) is 6.98. The lowest BCUT2D eigenvalue weighted by atomic mass is 10.4. The van der Waals surface area contributed by atoms with Gasteiger partial charge in [0.25, 0.3) is 0 Å². The number of hydrogen-bond donors (Lipinski definition) is 2. The van der Waals surface area contributed by atoms with Crippen LogP contribution in [0.5, 0.6) is 0 Å². The first kappa shape index (κ1) is 9.87. The summed E-state index contributed by atoms with van der Waals surface area (Å²) < 4.78 is 0. The van der Waals surface area contributed by atoms with Crippen molar-refractivity contribution in [2.24, 2.45) is 5.90 Å². The summed E-state index contributed by atoms with van der Waals surface area (Å²) >= 11 is 0. The average molecular weight is 156 g/mol. The van der Waals surface area contributed by atoms with E-state index >= 15 is 0 Å². The van der Waals surface area contributed by atoms with Crippen molar-refractivity contribution in [1.82, 2.24) is 5.32 Å². The van der Waals surface area contributed by atoms with Crippen LogP contribution in [0, 0.1) is 0 Å². The number of nitrogens with one attached hydrogen (secondary N) is 1. The lowest BCUT2D eigenvalue weighted by Crippen LogP contribution is -2.28. The van der Waals surface area contributed by atoms with E-state index in [1.807, 2.05) is 0 Å². The van der Waals surface area contributed by atoms with Crippen LogP contribution < -0.4 is 11.2 Å². The second-order valence-corrected chi connectivity index (χ2v) is 1.78. The fourth-order valence-electron chi connectivity index (χ4n) is 0.464. The predicted octanol–water partition coefficient (Wildman–Crippen LogP) is -0.265. The van der Waals surface area contributed by atoms with E-state index < -0.39 is 0 Å². The van der Waals surface area contributed by atoms with Gasteiger partial charge < -0.3 is 5.32 Å². The topological polar surface area (TPSA) is 64.3 Å². The highest BCUT2D eigenvalue weighted by molar-refractivity contribution is 5.77. The maximum atomic E-state index is 10.6. The Kier molecular flexibility index (Phi) is 6.27. The van der Waals surface area contributed by atoms with Gasteiger partial charge in [0.05, 0.1) is 0 Å². The standard InChI is InChI=1S/C7H12N2O2/c1-2-3-4-5-9-7(10)6-11-8/h2-4H,1,5-6,8H2,(H,9,10)/b4-3+. The number of carbonyl (C=O) groups is 1. The summed E-state index contributed by atoms with van der Waals surface area (Å²) in [6.07, 6.45) is 5.14. The quantitative estimate of drug-likeness (QED) is 0.425. The van der Waals surface area contributed by atoms with Gasteiger partial charge in [-0.15, -0.1) is 0 Å². The molecule has 0 aromatic rings. The van der Waals surface area contributed by atoms with Gasteiger partial charge in [-0.1, -0.05) is 24.8 Å². The Balaban J connectivity index is 3.30. The van der Waals surface area contributed by atoms with Gasteiger partial charge in [-0.25, -0.2) is 5.90 Å². The Hall–Kier alpha value is -1.13. The smallest absolute Gasteiger partial charge is 0.248 e. The summed E-state index contributed by atoms with van der Waals surface area (Å²) in [5, 5.41) is 2.54. The fraction of sp³-hybridized carbons (Fsp3) is 0.286. The molecule has 0 unspecified atom stereocenters. The van der Waals surface area contributed by atoms with E-state index in [2.05, 4.69) is 22.6 Å². The van der Waals surface area contributed by atoms with E-state index in [4.69, 9.17) is 0 Å². The Morgan fingerprint density at radius 2 is 2.45 bits per heavy atom. The van der Waals surface area contributed by atoms with Crippen molar-refractivity contribution in [3.05, 3.63) is 24.8 Å². The highest BCUT2D eigenvalue weighted by atomic mass is 16.6. The molecule has 1 amide bonds. The molecule has 11 heavy (non-hydrogen) atoms. The largest absolute Gasteiger partial charge is 0.351 e. The maximum absolute atomic E-state index is 10.6. The maximum Gasteiger partial charge on any atom is 0.248 e. The van der Waals surface area contributed by atoms with E-state index in [-0.39, 0.29) is 12.5 Å². The zero-order valence-electron chi connectivity index (χ0n) is 6.25. The van der Waals surface area contributed by atoms with Gasteiger partial charge in [-0.05, 0) is 0 Å². The molecule has 0 aliphatic heterocycles. The lowest BCUT2D eigenvalue weighted by molar-refractivity contribution is -0.125. The Labute approximate surface area is 65.7 Å². The number of allylic oxidation sites excluding steroid dienone is 2. The van der Waals surface area contributed by atoms with Crippen LogP contribution in [0.4, 0.5) is 0 Å². The van der Waals surface area contributed by atoms with Crippen LogP contribution in [0.1, 0.15) is 0 Å². The van der Waals surface area contributed by atoms with E-state index in [0.29, 0.717) is 6.54 Å². The van der Waals surface area contributed by atoms with Crippen LogP contribution >= 0.6 is 0 Å². The minimum atomic E-state index is -0.235. The molecule has 0 aliphatic rings. The van der Waals surface area contributed by atoms with E-state index in [1.54, 1.807) is 18.2 Å². The molecule has 0 aromatic heterocycles. The summed E-state index contributed by atoms with van der Waals surface area (Å²) in [7, 11) is 0. The van der Waals surface area contributed by atoms with Crippen molar-refractivity contribution in [1.29, 1.82) is 0 Å². The molecule has 4 nitrogen and oxygen atoms in total. The van der Waals surface area contributed by atoms with Gasteiger partial charge in [0.2, 0.25) is 5.91 Å². The minimum Gasteiger partial charge on any atom is -0.351 e. The molecule has 4 heteroatoms. The summed E-state index contributed by atoms with van der Waals surface area (Å²) in [5.41, 5.74) is 0. The molecule has 3 N–H and O–H groups in total. The molecule has 0 saturated heterocycles. The first-order valence-corrected chi connectivity index (χ1v) is 3.17. The molecule has 0 aromatic carbocycles. The normalized spacial score (nSPS) is 9.91. The van der Waals surface area contributed by atoms with Crippen molar-refractivity contribution in [2.75, 3.05) is 13.2 Å². The van der Waals surface area contributed by atoms with Crippen LogP contribution in [0.2, 0.25) is 0 Å². The molecule has 0 saturated carbocycles. The number of hydrogen-bond acceptors (Lipinski definition) is 3. The van der Waals surface area contributed by atoms with Gasteiger partial charge >= 0.3 is 0 Å². The Bertz CT molecular complexity index is 155. The van der Waals surface area contributed by atoms with Gasteiger partial charge in [-0.3, -0.25) is 9.63 Å². The number of amides is 1. The molecule has 0 fully saturated rings. The van der Waals surface area contributed by atoms with Crippen molar-refractivity contribution >= 4 is 5.91 Å². The van der Waals surface area contributed by atoms with Crippen LogP contribution in [0.25, 0.3) is 0 Å². The first-order valence-electron chi connectivity index (χ1n) is 3.17. The highest BCUT2D eigenvalue weighted by Crippen LogP contribution is 1.71. The third-order valence-electron chi connectivity index (χ3n) is 0.904. The fourth-order valence-corrected chi connectivity index (χ4v) is 0.464. The minimum absolute atomic E-state index is 0.109. The van der Waals surface area contributed by atoms with Gasteiger partial charge in [0.15, 0.2) is 0 Å². The third-order valence-corrected chi connectivity index (χ3v) is 0.904. The molecule has 0 heterocycles. The van der Waals surface area contributed by atoms with Crippen molar-refractivity contribution in [3.63, 3.8) is 0 Å². The molecule has 0 spiro atoms. The van der Waals surface area contributed by atoms with E-state index in [1.165, 1.54) is 0 Å². The summed E-state index contributed by atoms with van der Waals surface area (Å²) in [6, 6.07) is 0. The van der Waals surface area contributed by atoms with Crippen LogP contribution in [-0.2, 0) is 9.63 Å². The third kappa shape index (κ3) is 6.76. The predicted molar refractivity (Wildman–Crippen MR) is 42.5 cm³/mol. The average Bonchev–Trinajstić information content (AvgIpc) is 1.99. The van der Waals surface area contributed by atoms with Gasteiger partial charge in [-0.2, -0.15) is 0 Å². The van der Waals surface area contributed by atoms with E-state index in [0.717, 1.165) is 0 Å². The number of nitrogens with two attached hydrogens (primary N) is 1. The van der Waals surface area contributed by atoms with Gasteiger partial charge in [0.1, 0.15) is 6.61 Å².